The normalized spacial score (nSPS) is 12.3. The highest BCUT2D eigenvalue weighted by Gasteiger charge is 2.12. The van der Waals surface area contributed by atoms with Gasteiger partial charge >= 0.3 is 0 Å². The Balaban J connectivity index is 1.90. The van der Waals surface area contributed by atoms with Crippen LogP contribution in [0.25, 0.3) is 10.6 Å². The van der Waals surface area contributed by atoms with Crippen LogP contribution in [0.4, 0.5) is 0 Å². The molecule has 94 valence electrons. The van der Waals surface area contributed by atoms with Crippen LogP contribution >= 0.6 is 11.3 Å². The predicted molar refractivity (Wildman–Crippen MR) is 81.5 cm³/mol. The van der Waals surface area contributed by atoms with E-state index in [-0.39, 0.29) is 0 Å². The molecule has 0 radical (unpaired) electrons. The van der Waals surface area contributed by atoms with Gasteiger partial charge in [-0.25, -0.2) is 4.98 Å². The van der Waals surface area contributed by atoms with Gasteiger partial charge in [0.1, 0.15) is 5.01 Å². The summed E-state index contributed by atoms with van der Waals surface area (Å²) >= 11 is 1.71. The third kappa shape index (κ3) is 2.59. The second-order valence-corrected chi connectivity index (χ2v) is 5.43. The SMILES string of the molecule is CC(c1ccccc1)c1csc(-c2ccccc2)n1. The number of hydrogen-bond acceptors (Lipinski definition) is 2. The summed E-state index contributed by atoms with van der Waals surface area (Å²) < 4.78 is 0. The van der Waals surface area contributed by atoms with Crippen LogP contribution in [0.3, 0.4) is 0 Å². The molecular formula is C17H15NS. The molecule has 0 spiro atoms. The first-order valence-corrected chi connectivity index (χ1v) is 7.28. The van der Waals surface area contributed by atoms with E-state index in [1.165, 1.54) is 11.1 Å². The molecule has 3 rings (SSSR count). The van der Waals surface area contributed by atoms with Gasteiger partial charge in [-0.1, -0.05) is 67.6 Å². The molecular weight excluding hydrogens is 250 g/mol. The second-order valence-electron chi connectivity index (χ2n) is 4.58. The Morgan fingerprint density at radius 3 is 2.21 bits per heavy atom. The van der Waals surface area contributed by atoms with Crippen LogP contribution in [0.2, 0.25) is 0 Å². The minimum Gasteiger partial charge on any atom is -0.240 e. The molecule has 0 bridgehead atoms. The third-order valence-corrected chi connectivity index (χ3v) is 4.20. The zero-order valence-electron chi connectivity index (χ0n) is 10.8. The van der Waals surface area contributed by atoms with Crippen LogP contribution in [-0.2, 0) is 0 Å². The van der Waals surface area contributed by atoms with Gasteiger partial charge in [-0.2, -0.15) is 0 Å². The fourth-order valence-corrected chi connectivity index (χ4v) is 3.03. The van der Waals surface area contributed by atoms with E-state index in [0.717, 1.165) is 10.7 Å². The van der Waals surface area contributed by atoms with Crippen molar-refractivity contribution in [3.63, 3.8) is 0 Å². The molecule has 1 unspecified atom stereocenters. The summed E-state index contributed by atoms with van der Waals surface area (Å²) in [6.45, 7) is 2.21. The number of thiazole rings is 1. The summed E-state index contributed by atoms with van der Waals surface area (Å²) in [5, 5.41) is 3.26. The van der Waals surface area contributed by atoms with Crippen molar-refractivity contribution in [2.75, 3.05) is 0 Å². The van der Waals surface area contributed by atoms with Crippen LogP contribution in [0.5, 0.6) is 0 Å². The Hall–Kier alpha value is -1.93. The van der Waals surface area contributed by atoms with E-state index >= 15 is 0 Å². The van der Waals surface area contributed by atoms with Crippen molar-refractivity contribution in [2.45, 2.75) is 12.8 Å². The van der Waals surface area contributed by atoms with Crippen molar-refractivity contribution in [3.8, 4) is 10.6 Å². The van der Waals surface area contributed by atoms with Gasteiger partial charge in [0.15, 0.2) is 0 Å². The van der Waals surface area contributed by atoms with Gasteiger partial charge in [-0.15, -0.1) is 11.3 Å². The van der Waals surface area contributed by atoms with E-state index in [1.807, 2.05) is 12.1 Å². The molecule has 0 amide bonds. The van der Waals surface area contributed by atoms with Gasteiger partial charge in [-0.3, -0.25) is 0 Å². The molecule has 0 aliphatic carbocycles. The van der Waals surface area contributed by atoms with Crippen molar-refractivity contribution in [3.05, 3.63) is 77.3 Å². The summed E-state index contributed by atoms with van der Waals surface area (Å²) in [6, 6.07) is 20.9. The lowest BCUT2D eigenvalue weighted by Gasteiger charge is -2.08. The zero-order chi connectivity index (χ0) is 13.1. The van der Waals surface area contributed by atoms with E-state index in [4.69, 9.17) is 4.98 Å². The number of aromatic nitrogens is 1. The topological polar surface area (TPSA) is 12.9 Å². The molecule has 0 fully saturated rings. The summed E-state index contributed by atoms with van der Waals surface area (Å²) in [5.74, 6) is 0.343. The molecule has 1 aromatic heterocycles. The van der Waals surface area contributed by atoms with E-state index in [0.29, 0.717) is 5.92 Å². The van der Waals surface area contributed by atoms with E-state index in [9.17, 15) is 0 Å². The van der Waals surface area contributed by atoms with Crippen LogP contribution < -0.4 is 0 Å². The highest BCUT2D eigenvalue weighted by atomic mass is 32.1. The van der Waals surface area contributed by atoms with Gasteiger partial charge in [0, 0.05) is 16.9 Å². The molecule has 1 atom stereocenters. The molecule has 19 heavy (non-hydrogen) atoms. The minimum atomic E-state index is 0.343. The number of benzene rings is 2. The highest BCUT2D eigenvalue weighted by Crippen LogP contribution is 2.29. The largest absolute Gasteiger partial charge is 0.240 e. The smallest absolute Gasteiger partial charge is 0.123 e. The molecule has 0 saturated carbocycles. The van der Waals surface area contributed by atoms with Crippen molar-refractivity contribution >= 4 is 11.3 Å². The molecule has 0 aliphatic rings. The molecule has 0 N–H and O–H groups in total. The lowest BCUT2D eigenvalue weighted by Crippen LogP contribution is -1.95. The Morgan fingerprint density at radius 1 is 0.895 bits per heavy atom. The molecule has 1 heterocycles. The Labute approximate surface area is 117 Å². The molecule has 0 saturated heterocycles. The molecule has 3 aromatic rings. The van der Waals surface area contributed by atoms with Crippen LogP contribution in [0.15, 0.2) is 66.0 Å². The highest BCUT2D eigenvalue weighted by molar-refractivity contribution is 7.13. The summed E-state index contributed by atoms with van der Waals surface area (Å²) in [5.41, 5.74) is 3.65. The van der Waals surface area contributed by atoms with Gasteiger partial charge in [0.2, 0.25) is 0 Å². The molecule has 2 aromatic carbocycles. The third-order valence-electron chi connectivity index (χ3n) is 3.29. The maximum absolute atomic E-state index is 4.78. The number of rotatable bonds is 3. The van der Waals surface area contributed by atoms with Gasteiger partial charge in [-0.05, 0) is 5.56 Å². The van der Waals surface area contributed by atoms with Crippen LogP contribution in [0.1, 0.15) is 24.1 Å². The van der Waals surface area contributed by atoms with Gasteiger partial charge < -0.3 is 0 Å². The summed E-state index contributed by atoms with van der Waals surface area (Å²) in [6.07, 6.45) is 0. The Morgan fingerprint density at radius 2 is 1.53 bits per heavy atom. The van der Waals surface area contributed by atoms with Crippen molar-refractivity contribution in [1.29, 1.82) is 0 Å². The van der Waals surface area contributed by atoms with Crippen molar-refractivity contribution in [1.82, 2.24) is 4.98 Å². The van der Waals surface area contributed by atoms with Gasteiger partial charge in [0.05, 0.1) is 5.69 Å². The Bertz CT molecular complexity index is 643. The van der Waals surface area contributed by atoms with E-state index < -0.39 is 0 Å². The summed E-state index contributed by atoms with van der Waals surface area (Å²) in [7, 11) is 0. The first-order valence-electron chi connectivity index (χ1n) is 6.40. The molecule has 2 heteroatoms. The quantitative estimate of drug-likeness (QED) is 0.652. The Kier molecular flexibility index (Phi) is 3.43. The van der Waals surface area contributed by atoms with Crippen molar-refractivity contribution in [2.24, 2.45) is 0 Å². The fourth-order valence-electron chi connectivity index (χ4n) is 2.11. The second kappa shape index (κ2) is 5.37. The standard InChI is InChI=1S/C17H15NS/c1-13(14-8-4-2-5-9-14)16-12-19-17(18-16)15-10-6-3-7-11-15/h2-13H,1H3. The van der Waals surface area contributed by atoms with E-state index in [1.54, 1.807) is 11.3 Å². The zero-order valence-corrected chi connectivity index (χ0v) is 11.6. The maximum atomic E-state index is 4.78. The van der Waals surface area contributed by atoms with Crippen LogP contribution in [0, 0.1) is 0 Å². The van der Waals surface area contributed by atoms with E-state index in [2.05, 4.69) is 60.8 Å². The molecule has 1 nitrogen and oxygen atoms in total. The van der Waals surface area contributed by atoms with Gasteiger partial charge in [0.25, 0.3) is 0 Å². The minimum absolute atomic E-state index is 0.343. The first-order chi connectivity index (χ1) is 9.34. The van der Waals surface area contributed by atoms with Crippen molar-refractivity contribution < 1.29 is 0 Å². The summed E-state index contributed by atoms with van der Waals surface area (Å²) in [4.78, 5) is 4.78. The fraction of sp³-hybridized carbons (Fsp3) is 0.118. The monoisotopic (exact) mass is 265 g/mol. The lowest BCUT2D eigenvalue weighted by molar-refractivity contribution is 0.885. The van der Waals surface area contributed by atoms with Crippen LogP contribution in [-0.4, -0.2) is 4.98 Å². The first kappa shape index (κ1) is 12.1. The maximum Gasteiger partial charge on any atom is 0.123 e. The number of hydrogen-bond donors (Lipinski definition) is 0. The average Bonchev–Trinajstić information content (AvgIpc) is 2.98. The lowest BCUT2D eigenvalue weighted by atomic mass is 9.99. The number of nitrogens with zero attached hydrogens (tertiary/aromatic N) is 1. The molecule has 0 aliphatic heterocycles. The predicted octanol–water partition coefficient (Wildman–Crippen LogP) is 4.96. The average molecular weight is 265 g/mol.